The molecule has 0 amide bonds. The summed E-state index contributed by atoms with van der Waals surface area (Å²) in [5.74, 6) is -0.317. The molecule has 2 aromatic heterocycles. The Morgan fingerprint density at radius 1 is 1.02 bits per heavy atom. The highest BCUT2D eigenvalue weighted by Crippen LogP contribution is 2.14. The lowest BCUT2D eigenvalue weighted by molar-refractivity contribution is 0.594. The van der Waals surface area contributed by atoms with Crippen molar-refractivity contribution < 1.29 is 12.8 Å². The number of aromatic nitrogens is 3. The van der Waals surface area contributed by atoms with Gasteiger partial charge < -0.3 is 27.5 Å². The fourth-order valence-electron chi connectivity index (χ4n) is 4.04. The van der Waals surface area contributed by atoms with Crippen LogP contribution in [-0.2, 0) is 22.1 Å². The zero-order valence-corrected chi connectivity index (χ0v) is 28.0. The maximum Gasteiger partial charge on any atom is 0.354 e. The number of hydrogen-bond donors (Lipinski definition) is 5. The highest BCUT2D eigenvalue weighted by atomic mass is 32.2. The molecule has 0 bridgehead atoms. The van der Waals surface area contributed by atoms with E-state index in [1.54, 1.807) is 17.6 Å². The first-order chi connectivity index (χ1) is 21.5. The summed E-state index contributed by atoms with van der Waals surface area (Å²) < 4.78 is 37.3. The summed E-state index contributed by atoms with van der Waals surface area (Å²) in [4.78, 5) is 23.3. The molecule has 0 aliphatic heterocycles. The van der Waals surface area contributed by atoms with E-state index < -0.39 is 9.84 Å². The molecule has 0 fully saturated rings. The van der Waals surface area contributed by atoms with E-state index >= 15 is 0 Å². The molecule has 4 aromatic rings. The van der Waals surface area contributed by atoms with Crippen molar-refractivity contribution in [2.45, 2.75) is 60.3 Å². The van der Waals surface area contributed by atoms with Crippen molar-refractivity contribution in [2.75, 3.05) is 25.4 Å². The monoisotopic (exact) mass is 644 g/mol. The standard InChI is InChI=1S/C18H23N7O.C10H14FNO2S.2C2H6/c1-12-9-14-11-25(18(26)24-16(14)23-12)15-5-3-13(4-6-15)10-21-7-2-8-22-17(19)20;1-8-6-9(2-3-10(8)11)7-15(13,14)5-4-12;2*1-2/h3-6,9,11,21H,2,7-8,10H2,1H3,(H4,19,20,22)(H,23,24,26);2-3,6H,4-5,7,12H2,1H3;2*1-2H3. The third-order valence-electron chi connectivity index (χ3n) is 6.03. The molecule has 0 aliphatic carbocycles. The molecule has 13 heteroatoms. The van der Waals surface area contributed by atoms with Gasteiger partial charge in [-0.25, -0.2) is 17.6 Å². The molecule has 2 aromatic carbocycles. The molecule has 0 unspecified atom stereocenters. The van der Waals surface area contributed by atoms with Crippen LogP contribution in [0.3, 0.4) is 0 Å². The number of benzene rings is 2. The van der Waals surface area contributed by atoms with Crippen LogP contribution in [-0.4, -0.2) is 54.3 Å². The van der Waals surface area contributed by atoms with Crippen molar-refractivity contribution in [1.82, 2.24) is 19.9 Å². The van der Waals surface area contributed by atoms with Crippen LogP contribution in [0.15, 0.2) is 64.5 Å². The van der Waals surface area contributed by atoms with E-state index in [1.807, 2.05) is 71.1 Å². The number of H-pyrrole nitrogens is 1. The van der Waals surface area contributed by atoms with Gasteiger partial charge in [0.2, 0.25) is 0 Å². The first kappa shape index (κ1) is 39.0. The number of rotatable bonds is 11. The molecule has 248 valence electrons. The minimum Gasteiger partial charge on any atom is -0.370 e. The van der Waals surface area contributed by atoms with E-state index in [4.69, 9.17) is 17.2 Å². The van der Waals surface area contributed by atoms with Gasteiger partial charge in [-0.15, -0.1) is 0 Å². The first-order valence-electron chi connectivity index (χ1n) is 15.1. The Morgan fingerprint density at radius 2 is 1.67 bits per heavy atom. The minimum atomic E-state index is -3.16. The molecular formula is C32H49FN8O3S. The van der Waals surface area contributed by atoms with Gasteiger partial charge >= 0.3 is 5.69 Å². The summed E-state index contributed by atoms with van der Waals surface area (Å²) >= 11 is 0. The van der Waals surface area contributed by atoms with Gasteiger partial charge in [0.25, 0.3) is 0 Å². The van der Waals surface area contributed by atoms with Crippen molar-refractivity contribution in [3.05, 3.63) is 93.4 Å². The molecule has 0 radical (unpaired) electrons. The van der Waals surface area contributed by atoms with Crippen molar-refractivity contribution >= 4 is 26.8 Å². The third kappa shape index (κ3) is 13.6. The Kier molecular flexibility index (Phi) is 17.4. The van der Waals surface area contributed by atoms with Gasteiger partial charge in [0.05, 0.1) is 17.2 Å². The second kappa shape index (κ2) is 20.1. The quantitative estimate of drug-likeness (QED) is 0.0925. The van der Waals surface area contributed by atoms with Crippen LogP contribution in [0.4, 0.5) is 4.39 Å². The van der Waals surface area contributed by atoms with Crippen LogP contribution >= 0.6 is 0 Å². The number of fused-ring (bicyclic) bond motifs is 1. The molecule has 45 heavy (non-hydrogen) atoms. The number of aromatic amines is 1. The summed E-state index contributed by atoms with van der Waals surface area (Å²) in [6.45, 7) is 13.8. The SMILES string of the molecule is CC.CC.Cc1cc(CS(=O)(=O)CCN)ccc1F.Cc1cc2cn(-c3ccc(CNCCCN=C(N)N)cc3)c(=O)nc2[nH]1. The maximum atomic E-state index is 12.9. The summed E-state index contributed by atoms with van der Waals surface area (Å²) in [6, 6.07) is 14.1. The summed E-state index contributed by atoms with van der Waals surface area (Å²) in [5.41, 5.74) is 20.0. The Bertz CT molecular complexity index is 1650. The molecule has 0 atom stereocenters. The second-order valence-corrected chi connectivity index (χ2v) is 11.8. The molecule has 0 saturated heterocycles. The fourth-order valence-corrected chi connectivity index (χ4v) is 5.23. The van der Waals surface area contributed by atoms with Crippen molar-refractivity contribution in [2.24, 2.45) is 22.2 Å². The largest absolute Gasteiger partial charge is 0.370 e. The third-order valence-corrected chi connectivity index (χ3v) is 7.66. The van der Waals surface area contributed by atoms with Crippen LogP contribution in [0.1, 0.15) is 56.5 Å². The van der Waals surface area contributed by atoms with Crippen LogP contribution in [0.2, 0.25) is 0 Å². The van der Waals surface area contributed by atoms with Crippen molar-refractivity contribution in [1.29, 1.82) is 0 Å². The van der Waals surface area contributed by atoms with Crippen LogP contribution in [0.25, 0.3) is 16.7 Å². The highest BCUT2D eigenvalue weighted by molar-refractivity contribution is 7.90. The van der Waals surface area contributed by atoms with E-state index in [1.165, 1.54) is 12.1 Å². The maximum absolute atomic E-state index is 12.9. The van der Waals surface area contributed by atoms with Crippen molar-refractivity contribution in [3.8, 4) is 5.69 Å². The molecular weight excluding hydrogens is 595 g/mol. The van der Waals surface area contributed by atoms with Crippen LogP contribution in [0.5, 0.6) is 0 Å². The summed E-state index contributed by atoms with van der Waals surface area (Å²) in [5, 5.41) is 4.25. The van der Waals surface area contributed by atoms with Gasteiger partial charge in [-0.05, 0) is 67.8 Å². The molecule has 0 aliphatic rings. The fraction of sp³-hybridized carbons (Fsp3) is 0.406. The number of hydrogen-bond acceptors (Lipinski definition) is 7. The number of nitrogens with one attached hydrogen (secondary N) is 2. The molecule has 0 saturated carbocycles. The second-order valence-electron chi connectivity index (χ2n) is 9.62. The predicted octanol–water partition coefficient (Wildman–Crippen LogP) is 3.84. The molecule has 2 heterocycles. The number of nitrogens with two attached hydrogens (primary N) is 3. The smallest absolute Gasteiger partial charge is 0.354 e. The number of aryl methyl sites for hydroxylation is 2. The number of sulfone groups is 1. The number of nitrogens with zero attached hydrogens (tertiary/aromatic N) is 3. The first-order valence-corrected chi connectivity index (χ1v) is 16.9. The summed E-state index contributed by atoms with van der Waals surface area (Å²) in [7, 11) is -3.16. The molecule has 0 spiro atoms. The van der Waals surface area contributed by atoms with E-state index in [0.717, 1.165) is 41.8 Å². The topological polar surface area (TPSA) is 187 Å². The normalized spacial score (nSPS) is 10.5. The zero-order chi connectivity index (χ0) is 34.0. The number of halogens is 1. The highest BCUT2D eigenvalue weighted by Gasteiger charge is 2.11. The van der Waals surface area contributed by atoms with Gasteiger partial charge in [-0.2, -0.15) is 4.98 Å². The summed E-state index contributed by atoms with van der Waals surface area (Å²) in [6.07, 6.45) is 2.68. The van der Waals surface area contributed by atoms with Crippen LogP contribution < -0.4 is 28.2 Å². The zero-order valence-electron chi connectivity index (χ0n) is 27.2. The number of guanidine groups is 1. The van der Waals surface area contributed by atoms with Gasteiger partial charge in [0.15, 0.2) is 15.8 Å². The molecule has 11 nitrogen and oxygen atoms in total. The lowest BCUT2D eigenvalue weighted by Crippen LogP contribution is -2.23. The van der Waals surface area contributed by atoms with E-state index in [9.17, 15) is 17.6 Å². The average Bonchev–Trinajstić information content (AvgIpc) is 3.37. The Balaban J connectivity index is 0.000000455. The Hall–Kier alpha value is -4.07. The van der Waals surface area contributed by atoms with Gasteiger partial charge in [-0.1, -0.05) is 52.0 Å². The lowest BCUT2D eigenvalue weighted by atomic mass is 10.1. The van der Waals surface area contributed by atoms with Crippen LogP contribution in [0, 0.1) is 19.7 Å². The Labute approximate surface area is 266 Å². The van der Waals surface area contributed by atoms with E-state index in [0.29, 0.717) is 23.3 Å². The average molecular weight is 645 g/mol. The van der Waals surface area contributed by atoms with E-state index in [-0.39, 0.29) is 35.5 Å². The van der Waals surface area contributed by atoms with Gasteiger partial charge in [0.1, 0.15) is 11.5 Å². The van der Waals surface area contributed by atoms with Gasteiger partial charge in [-0.3, -0.25) is 9.56 Å². The number of aliphatic imine (C=N–C) groups is 1. The molecule has 8 N–H and O–H groups in total. The lowest BCUT2D eigenvalue weighted by Gasteiger charge is -2.08. The predicted molar refractivity (Wildman–Crippen MR) is 184 cm³/mol. The van der Waals surface area contributed by atoms with E-state index in [2.05, 4.69) is 20.3 Å². The Morgan fingerprint density at radius 3 is 2.27 bits per heavy atom. The molecule has 4 rings (SSSR count). The van der Waals surface area contributed by atoms with Gasteiger partial charge in [0, 0.05) is 36.9 Å². The van der Waals surface area contributed by atoms with Crippen molar-refractivity contribution in [3.63, 3.8) is 0 Å². The minimum absolute atomic E-state index is 0.0383.